The van der Waals surface area contributed by atoms with E-state index in [1.165, 1.54) is 5.56 Å². The number of halogens is 1. The molecule has 1 amide bonds. The molecule has 1 heterocycles. The summed E-state index contributed by atoms with van der Waals surface area (Å²) in [6.07, 6.45) is 0.187. The standard InChI is InChI=1S/C19H17IN2O2/c1-12-8-9-15(10-16(12)20)21-18(23)11-17-13(2)24-19(22-17)14-6-4-3-5-7-14/h3-10H,11H2,1-2H3,(H,21,23). The smallest absolute Gasteiger partial charge is 0.230 e. The molecule has 3 aromatic rings. The lowest BCUT2D eigenvalue weighted by molar-refractivity contribution is -0.115. The predicted molar refractivity (Wildman–Crippen MR) is 103 cm³/mol. The summed E-state index contributed by atoms with van der Waals surface area (Å²) in [4.78, 5) is 16.7. The van der Waals surface area contributed by atoms with Crippen molar-refractivity contribution in [1.29, 1.82) is 0 Å². The Bertz CT molecular complexity index is 872. The molecule has 0 fully saturated rings. The Morgan fingerprint density at radius 2 is 1.92 bits per heavy atom. The molecule has 0 saturated carbocycles. The highest BCUT2D eigenvalue weighted by Crippen LogP contribution is 2.22. The third kappa shape index (κ3) is 3.84. The first-order chi connectivity index (χ1) is 11.5. The lowest BCUT2D eigenvalue weighted by Crippen LogP contribution is -2.15. The van der Waals surface area contributed by atoms with E-state index in [9.17, 15) is 4.79 Å². The monoisotopic (exact) mass is 432 g/mol. The van der Waals surface area contributed by atoms with Crippen molar-refractivity contribution in [3.63, 3.8) is 0 Å². The van der Waals surface area contributed by atoms with E-state index in [0.29, 0.717) is 17.3 Å². The highest BCUT2D eigenvalue weighted by atomic mass is 127. The van der Waals surface area contributed by atoms with Gasteiger partial charge in [0, 0.05) is 14.8 Å². The molecule has 0 aliphatic carbocycles. The molecule has 3 rings (SSSR count). The van der Waals surface area contributed by atoms with Gasteiger partial charge in [-0.25, -0.2) is 4.98 Å². The summed E-state index contributed by atoms with van der Waals surface area (Å²) in [5.74, 6) is 1.11. The van der Waals surface area contributed by atoms with Crippen LogP contribution in [0.2, 0.25) is 0 Å². The van der Waals surface area contributed by atoms with Crippen LogP contribution >= 0.6 is 22.6 Å². The number of carbonyl (C=O) groups is 1. The number of nitrogens with zero attached hydrogens (tertiary/aromatic N) is 1. The SMILES string of the molecule is Cc1ccc(NC(=O)Cc2nc(-c3ccccc3)oc2C)cc1I. The summed E-state index contributed by atoms with van der Waals surface area (Å²) < 4.78 is 6.81. The van der Waals surface area contributed by atoms with E-state index in [4.69, 9.17) is 4.42 Å². The first kappa shape index (κ1) is 16.7. The minimum atomic E-state index is -0.106. The number of hydrogen-bond donors (Lipinski definition) is 1. The lowest BCUT2D eigenvalue weighted by Gasteiger charge is -2.06. The van der Waals surface area contributed by atoms with Crippen LogP contribution < -0.4 is 5.32 Å². The number of aryl methyl sites for hydroxylation is 2. The number of rotatable bonds is 4. The molecular weight excluding hydrogens is 415 g/mol. The first-order valence-corrected chi connectivity index (χ1v) is 8.68. The molecule has 122 valence electrons. The fourth-order valence-corrected chi connectivity index (χ4v) is 2.84. The quantitative estimate of drug-likeness (QED) is 0.606. The fraction of sp³-hybridized carbons (Fsp3) is 0.158. The number of carbonyl (C=O) groups excluding carboxylic acids is 1. The van der Waals surface area contributed by atoms with E-state index < -0.39 is 0 Å². The minimum absolute atomic E-state index is 0.106. The van der Waals surface area contributed by atoms with E-state index in [-0.39, 0.29) is 12.3 Å². The Kier molecular flexibility index (Phi) is 4.99. The van der Waals surface area contributed by atoms with Crippen molar-refractivity contribution in [3.05, 3.63) is 69.1 Å². The van der Waals surface area contributed by atoms with Crippen LogP contribution in [-0.4, -0.2) is 10.9 Å². The summed E-state index contributed by atoms with van der Waals surface area (Å²) in [5, 5.41) is 2.91. The highest BCUT2D eigenvalue weighted by molar-refractivity contribution is 14.1. The third-order valence-corrected chi connectivity index (χ3v) is 4.86. The maximum atomic E-state index is 12.3. The first-order valence-electron chi connectivity index (χ1n) is 7.60. The zero-order valence-corrected chi connectivity index (χ0v) is 15.6. The number of hydrogen-bond acceptors (Lipinski definition) is 3. The van der Waals surface area contributed by atoms with Gasteiger partial charge in [0.15, 0.2) is 0 Å². The van der Waals surface area contributed by atoms with Crippen molar-refractivity contribution in [2.45, 2.75) is 20.3 Å². The number of nitrogens with one attached hydrogen (secondary N) is 1. The fourth-order valence-electron chi connectivity index (χ4n) is 2.32. The second kappa shape index (κ2) is 7.17. The van der Waals surface area contributed by atoms with Crippen LogP contribution in [0.25, 0.3) is 11.5 Å². The number of aromatic nitrogens is 1. The number of amides is 1. The van der Waals surface area contributed by atoms with Crippen LogP contribution in [0.1, 0.15) is 17.0 Å². The molecule has 0 radical (unpaired) electrons. The average molecular weight is 432 g/mol. The molecular formula is C19H17IN2O2. The van der Waals surface area contributed by atoms with Gasteiger partial charge in [-0.2, -0.15) is 0 Å². The molecule has 0 atom stereocenters. The molecule has 0 aliphatic rings. The second-order valence-corrected chi connectivity index (χ2v) is 6.74. The third-order valence-electron chi connectivity index (χ3n) is 3.70. The minimum Gasteiger partial charge on any atom is -0.441 e. The van der Waals surface area contributed by atoms with Crippen LogP contribution in [0.15, 0.2) is 52.9 Å². The van der Waals surface area contributed by atoms with Crippen molar-refractivity contribution in [2.24, 2.45) is 0 Å². The van der Waals surface area contributed by atoms with Gasteiger partial charge >= 0.3 is 0 Å². The Morgan fingerprint density at radius 1 is 1.17 bits per heavy atom. The maximum absolute atomic E-state index is 12.3. The van der Waals surface area contributed by atoms with Crippen molar-refractivity contribution in [3.8, 4) is 11.5 Å². The van der Waals surface area contributed by atoms with Gasteiger partial charge in [0.1, 0.15) is 5.76 Å². The summed E-state index contributed by atoms with van der Waals surface area (Å²) >= 11 is 2.26. The Morgan fingerprint density at radius 3 is 2.62 bits per heavy atom. The van der Waals surface area contributed by atoms with Crippen LogP contribution in [0, 0.1) is 17.4 Å². The van der Waals surface area contributed by atoms with E-state index in [1.54, 1.807) is 0 Å². The van der Waals surface area contributed by atoms with E-state index in [0.717, 1.165) is 14.8 Å². The van der Waals surface area contributed by atoms with E-state index >= 15 is 0 Å². The molecule has 1 aromatic heterocycles. The van der Waals surface area contributed by atoms with Gasteiger partial charge in [-0.1, -0.05) is 24.3 Å². The molecule has 4 nitrogen and oxygen atoms in total. The molecule has 2 aromatic carbocycles. The van der Waals surface area contributed by atoms with Gasteiger partial charge in [-0.3, -0.25) is 4.79 Å². The summed E-state index contributed by atoms with van der Waals surface area (Å²) in [6.45, 7) is 3.87. The molecule has 0 bridgehead atoms. The van der Waals surface area contributed by atoms with Gasteiger partial charge in [0.2, 0.25) is 11.8 Å². The van der Waals surface area contributed by atoms with Crippen molar-refractivity contribution < 1.29 is 9.21 Å². The molecule has 0 spiro atoms. The molecule has 0 aliphatic heterocycles. The number of benzene rings is 2. The highest BCUT2D eigenvalue weighted by Gasteiger charge is 2.15. The molecule has 5 heteroatoms. The Labute approximate surface area is 154 Å². The Balaban J connectivity index is 1.72. The summed E-state index contributed by atoms with van der Waals surface area (Å²) in [5.41, 5.74) is 3.54. The number of anilines is 1. The largest absolute Gasteiger partial charge is 0.441 e. The van der Waals surface area contributed by atoms with Crippen LogP contribution in [0.3, 0.4) is 0 Å². The van der Waals surface area contributed by atoms with Crippen molar-refractivity contribution in [1.82, 2.24) is 4.98 Å². The second-order valence-electron chi connectivity index (χ2n) is 5.58. The van der Waals surface area contributed by atoms with E-state index in [2.05, 4.69) is 32.9 Å². The van der Waals surface area contributed by atoms with Crippen LogP contribution in [0.4, 0.5) is 5.69 Å². The molecule has 24 heavy (non-hydrogen) atoms. The van der Waals surface area contributed by atoms with Gasteiger partial charge in [0.25, 0.3) is 0 Å². The Hall–Kier alpha value is -2.15. The number of oxazole rings is 1. The summed E-state index contributed by atoms with van der Waals surface area (Å²) in [7, 11) is 0. The zero-order valence-electron chi connectivity index (χ0n) is 13.5. The van der Waals surface area contributed by atoms with Crippen LogP contribution in [0.5, 0.6) is 0 Å². The molecule has 0 saturated heterocycles. The molecule has 1 N–H and O–H groups in total. The van der Waals surface area contributed by atoms with Crippen molar-refractivity contribution >= 4 is 34.2 Å². The van der Waals surface area contributed by atoms with E-state index in [1.807, 2.05) is 62.4 Å². The van der Waals surface area contributed by atoms with Gasteiger partial charge in [-0.05, 0) is 66.3 Å². The molecule has 0 unspecified atom stereocenters. The average Bonchev–Trinajstić information content (AvgIpc) is 2.93. The van der Waals surface area contributed by atoms with Crippen LogP contribution in [-0.2, 0) is 11.2 Å². The zero-order chi connectivity index (χ0) is 17.1. The van der Waals surface area contributed by atoms with Gasteiger partial charge in [-0.15, -0.1) is 0 Å². The predicted octanol–water partition coefficient (Wildman–Crippen LogP) is 4.74. The topological polar surface area (TPSA) is 55.1 Å². The normalized spacial score (nSPS) is 10.6. The summed E-state index contributed by atoms with van der Waals surface area (Å²) in [6, 6.07) is 15.5. The van der Waals surface area contributed by atoms with Gasteiger partial charge < -0.3 is 9.73 Å². The lowest BCUT2D eigenvalue weighted by atomic mass is 10.2. The van der Waals surface area contributed by atoms with Gasteiger partial charge in [0.05, 0.1) is 12.1 Å². The maximum Gasteiger partial charge on any atom is 0.230 e. The van der Waals surface area contributed by atoms with Crippen molar-refractivity contribution in [2.75, 3.05) is 5.32 Å².